The number of carbonyl (C=O) groups is 2. The van der Waals surface area contributed by atoms with Gasteiger partial charge in [-0.05, 0) is 43.7 Å². The van der Waals surface area contributed by atoms with Crippen molar-refractivity contribution in [2.45, 2.75) is 13.3 Å². The molecule has 0 spiro atoms. The lowest BCUT2D eigenvalue weighted by molar-refractivity contribution is -0.119. The molecule has 5 heteroatoms. The van der Waals surface area contributed by atoms with Crippen molar-refractivity contribution in [2.75, 3.05) is 18.4 Å². The monoisotopic (exact) mass is 248 g/mol. The predicted octanol–water partition coefficient (Wildman–Crippen LogP) is 1.24. The molecule has 18 heavy (non-hydrogen) atoms. The van der Waals surface area contributed by atoms with Crippen LogP contribution < -0.4 is 10.6 Å². The van der Waals surface area contributed by atoms with E-state index >= 15 is 0 Å². The Morgan fingerprint density at radius 2 is 2.22 bits per heavy atom. The number of rotatable bonds is 3. The number of carboxylic acid groups (broad SMARTS) is 1. The minimum Gasteiger partial charge on any atom is -0.478 e. The van der Waals surface area contributed by atoms with Crippen LogP contribution in [-0.2, 0) is 4.79 Å². The Kier molecular flexibility index (Phi) is 3.62. The van der Waals surface area contributed by atoms with Crippen LogP contribution in [0, 0.1) is 12.8 Å². The minimum atomic E-state index is -0.953. The Hall–Kier alpha value is -1.88. The quantitative estimate of drug-likeness (QED) is 0.752. The van der Waals surface area contributed by atoms with Crippen LogP contribution in [0.2, 0.25) is 0 Å². The molecule has 0 aliphatic carbocycles. The lowest BCUT2D eigenvalue weighted by Gasteiger charge is -2.11. The van der Waals surface area contributed by atoms with Crippen molar-refractivity contribution in [3.8, 4) is 0 Å². The second-order valence-electron chi connectivity index (χ2n) is 4.51. The summed E-state index contributed by atoms with van der Waals surface area (Å²) in [6.07, 6.45) is 0.845. The van der Waals surface area contributed by atoms with Gasteiger partial charge in [0.05, 0.1) is 11.5 Å². The number of carbonyl (C=O) groups excluding carboxylic acids is 1. The molecule has 5 nitrogen and oxygen atoms in total. The molecule has 0 radical (unpaired) electrons. The van der Waals surface area contributed by atoms with Crippen molar-refractivity contribution < 1.29 is 14.7 Å². The third-order valence-electron chi connectivity index (χ3n) is 3.16. The van der Waals surface area contributed by atoms with Gasteiger partial charge in [-0.15, -0.1) is 0 Å². The van der Waals surface area contributed by atoms with E-state index in [9.17, 15) is 9.59 Å². The number of anilines is 1. The molecule has 2 rings (SSSR count). The highest BCUT2D eigenvalue weighted by molar-refractivity contribution is 5.94. The number of aromatic carboxylic acids is 1. The molecule has 1 heterocycles. The van der Waals surface area contributed by atoms with Crippen LogP contribution in [0.15, 0.2) is 18.2 Å². The normalized spacial score (nSPS) is 18.6. The standard InChI is InChI=1S/C13H16N2O3/c1-8-6-10(2-3-11(8)13(17)18)15-12(16)9-4-5-14-7-9/h2-3,6,9,14H,4-5,7H2,1H3,(H,15,16)(H,17,18). The molecular weight excluding hydrogens is 232 g/mol. The Balaban J connectivity index is 2.07. The highest BCUT2D eigenvalue weighted by atomic mass is 16.4. The molecule has 1 saturated heterocycles. The molecule has 0 aromatic heterocycles. The summed E-state index contributed by atoms with van der Waals surface area (Å²) in [6, 6.07) is 4.82. The van der Waals surface area contributed by atoms with E-state index < -0.39 is 5.97 Å². The molecule has 1 aliphatic heterocycles. The van der Waals surface area contributed by atoms with Gasteiger partial charge in [0.15, 0.2) is 0 Å². The van der Waals surface area contributed by atoms with Gasteiger partial charge in [0.2, 0.25) is 5.91 Å². The van der Waals surface area contributed by atoms with Gasteiger partial charge in [0.25, 0.3) is 0 Å². The zero-order chi connectivity index (χ0) is 13.1. The Labute approximate surface area is 105 Å². The first-order chi connectivity index (χ1) is 8.58. The largest absolute Gasteiger partial charge is 0.478 e. The van der Waals surface area contributed by atoms with Crippen molar-refractivity contribution in [1.82, 2.24) is 5.32 Å². The van der Waals surface area contributed by atoms with Gasteiger partial charge in [-0.25, -0.2) is 4.79 Å². The average Bonchev–Trinajstić information content (AvgIpc) is 2.81. The van der Waals surface area contributed by atoms with Crippen LogP contribution in [0.25, 0.3) is 0 Å². The first kappa shape index (κ1) is 12.6. The summed E-state index contributed by atoms with van der Waals surface area (Å²) >= 11 is 0. The fourth-order valence-corrected chi connectivity index (χ4v) is 2.10. The van der Waals surface area contributed by atoms with Crippen LogP contribution in [-0.4, -0.2) is 30.1 Å². The van der Waals surface area contributed by atoms with E-state index in [-0.39, 0.29) is 17.4 Å². The number of benzene rings is 1. The van der Waals surface area contributed by atoms with Gasteiger partial charge in [0, 0.05) is 12.2 Å². The average molecular weight is 248 g/mol. The van der Waals surface area contributed by atoms with Crippen molar-refractivity contribution in [3.63, 3.8) is 0 Å². The minimum absolute atomic E-state index is 0.00413. The molecule has 0 bridgehead atoms. The van der Waals surface area contributed by atoms with E-state index in [0.29, 0.717) is 17.8 Å². The Morgan fingerprint density at radius 3 is 2.78 bits per heavy atom. The van der Waals surface area contributed by atoms with Crippen LogP contribution in [0.5, 0.6) is 0 Å². The lowest BCUT2D eigenvalue weighted by Crippen LogP contribution is -2.24. The van der Waals surface area contributed by atoms with Gasteiger partial charge in [-0.1, -0.05) is 0 Å². The summed E-state index contributed by atoms with van der Waals surface area (Å²) in [6.45, 7) is 3.29. The third-order valence-corrected chi connectivity index (χ3v) is 3.16. The Bertz CT molecular complexity index is 479. The molecule has 1 amide bonds. The number of nitrogens with one attached hydrogen (secondary N) is 2. The molecule has 0 saturated carbocycles. The summed E-state index contributed by atoms with van der Waals surface area (Å²) < 4.78 is 0. The van der Waals surface area contributed by atoms with E-state index in [4.69, 9.17) is 5.11 Å². The van der Waals surface area contributed by atoms with E-state index in [1.807, 2.05) is 0 Å². The van der Waals surface area contributed by atoms with Crippen LogP contribution >= 0.6 is 0 Å². The zero-order valence-electron chi connectivity index (χ0n) is 10.2. The number of aryl methyl sites for hydroxylation is 1. The van der Waals surface area contributed by atoms with Crippen molar-refractivity contribution in [1.29, 1.82) is 0 Å². The van der Waals surface area contributed by atoms with Gasteiger partial charge in [-0.2, -0.15) is 0 Å². The Morgan fingerprint density at radius 1 is 1.44 bits per heavy atom. The first-order valence-corrected chi connectivity index (χ1v) is 5.93. The van der Waals surface area contributed by atoms with Crippen LogP contribution in [0.4, 0.5) is 5.69 Å². The van der Waals surface area contributed by atoms with Gasteiger partial charge in [-0.3, -0.25) is 4.79 Å². The third kappa shape index (κ3) is 2.68. The van der Waals surface area contributed by atoms with Crippen LogP contribution in [0.3, 0.4) is 0 Å². The maximum absolute atomic E-state index is 11.9. The SMILES string of the molecule is Cc1cc(NC(=O)C2CCNC2)ccc1C(=O)O. The summed E-state index contributed by atoms with van der Waals surface area (Å²) in [5.74, 6) is -0.961. The highest BCUT2D eigenvalue weighted by Crippen LogP contribution is 2.17. The zero-order valence-corrected chi connectivity index (χ0v) is 10.2. The van der Waals surface area contributed by atoms with Gasteiger partial charge < -0.3 is 15.7 Å². The molecule has 1 fully saturated rings. The van der Waals surface area contributed by atoms with Crippen LogP contribution in [0.1, 0.15) is 22.3 Å². The number of hydrogen-bond acceptors (Lipinski definition) is 3. The summed E-state index contributed by atoms with van der Waals surface area (Å²) in [5.41, 5.74) is 1.55. The summed E-state index contributed by atoms with van der Waals surface area (Å²) in [4.78, 5) is 22.7. The molecular formula is C13H16N2O3. The number of amides is 1. The number of hydrogen-bond donors (Lipinski definition) is 3. The second kappa shape index (κ2) is 5.18. The van der Waals surface area contributed by atoms with Gasteiger partial charge in [0.1, 0.15) is 0 Å². The van der Waals surface area contributed by atoms with E-state index in [1.54, 1.807) is 19.1 Å². The smallest absolute Gasteiger partial charge is 0.335 e. The molecule has 3 N–H and O–H groups in total. The van der Waals surface area contributed by atoms with Crippen molar-refractivity contribution >= 4 is 17.6 Å². The molecule has 96 valence electrons. The first-order valence-electron chi connectivity index (χ1n) is 5.93. The van der Waals surface area contributed by atoms with E-state index in [1.165, 1.54) is 6.07 Å². The van der Waals surface area contributed by atoms with E-state index in [2.05, 4.69) is 10.6 Å². The molecule has 1 atom stereocenters. The topological polar surface area (TPSA) is 78.4 Å². The predicted molar refractivity (Wildman–Crippen MR) is 67.7 cm³/mol. The van der Waals surface area contributed by atoms with Gasteiger partial charge >= 0.3 is 5.97 Å². The summed E-state index contributed by atoms with van der Waals surface area (Å²) in [7, 11) is 0. The molecule has 1 aromatic rings. The second-order valence-corrected chi connectivity index (χ2v) is 4.51. The van der Waals surface area contributed by atoms with Crippen molar-refractivity contribution in [2.24, 2.45) is 5.92 Å². The molecule has 1 aromatic carbocycles. The maximum Gasteiger partial charge on any atom is 0.335 e. The summed E-state index contributed by atoms with van der Waals surface area (Å²) in [5, 5.41) is 14.9. The van der Waals surface area contributed by atoms with E-state index in [0.717, 1.165) is 13.0 Å². The maximum atomic E-state index is 11.9. The molecule has 1 unspecified atom stereocenters. The fourth-order valence-electron chi connectivity index (χ4n) is 2.10. The fraction of sp³-hybridized carbons (Fsp3) is 0.385. The molecule has 1 aliphatic rings. The highest BCUT2D eigenvalue weighted by Gasteiger charge is 2.22. The number of carboxylic acids is 1. The van der Waals surface area contributed by atoms with Crippen molar-refractivity contribution in [3.05, 3.63) is 29.3 Å². The lowest BCUT2D eigenvalue weighted by atomic mass is 10.1.